The molecule has 2 heterocycles. The monoisotopic (exact) mass is 483 g/mol. The van der Waals surface area contributed by atoms with Gasteiger partial charge in [0.05, 0.1) is 0 Å². The molecule has 0 atom stereocenters. The highest BCUT2D eigenvalue weighted by molar-refractivity contribution is 5.91. The lowest BCUT2D eigenvalue weighted by atomic mass is 9.89. The van der Waals surface area contributed by atoms with Crippen LogP contribution in [0, 0.1) is 12.7 Å². The second-order valence-corrected chi connectivity index (χ2v) is 9.97. The Morgan fingerprint density at radius 1 is 1.03 bits per heavy atom. The number of hydrogen-bond donors (Lipinski definition) is 2. The molecule has 1 aromatic heterocycles. The van der Waals surface area contributed by atoms with Crippen molar-refractivity contribution in [3.63, 3.8) is 0 Å². The van der Waals surface area contributed by atoms with Gasteiger partial charge in [0.25, 0.3) is 0 Å². The molecule has 3 aromatic carbocycles. The molecule has 1 aliphatic heterocycles. The number of aromatic amines is 1. The summed E-state index contributed by atoms with van der Waals surface area (Å²) in [5.74, 6) is 0.339. The Hall–Kier alpha value is -3.44. The van der Waals surface area contributed by atoms with Gasteiger partial charge in [-0.3, -0.25) is 4.79 Å². The van der Waals surface area contributed by atoms with E-state index in [9.17, 15) is 9.18 Å². The van der Waals surface area contributed by atoms with E-state index >= 15 is 0 Å². The van der Waals surface area contributed by atoms with Gasteiger partial charge in [-0.15, -0.1) is 0 Å². The minimum Gasteiger partial charge on any atom is -0.361 e. The van der Waals surface area contributed by atoms with Gasteiger partial charge in [-0.1, -0.05) is 36.4 Å². The van der Waals surface area contributed by atoms with Gasteiger partial charge in [-0.05, 0) is 104 Å². The minimum atomic E-state index is -0.175. The summed E-state index contributed by atoms with van der Waals surface area (Å²) in [6.07, 6.45) is 6.41. The molecule has 36 heavy (non-hydrogen) atoms. The van der Waals surface area contributed by atoms with E-state index in [1.807, 2.05) is 30.3 Å². The van der Waals surface area contributed by atoms with Crippen LogP contribution in [-0.4, -0.2) is 35.4 Å². The number of fused-ring (bicyclic) bond motifs is 1. The van der Waals surface area contributed by atoms with Crippen molar-refractivity contribution in [2.75, 3.05) is 25.0 Å². The van der Waals surface area contributed by atoms with Gasteiger partial charge in [0, 0.05) is 35.8 Å². The smallest absolute Gasteiger partial charge is 0.224 e. The molecular formula is C31H34FN3O. The predicted octanol–water partition coefficient (Wildman–Crippen LogP) is 6.61. The number of nitrogens with zero attached hydrogens (tertiary/aromatic N) is 1. The summed E-state index contributed by atoms with van der Waals surface area (Å²) in [5, 5.41) is 4.10. The van der Waals surface area contributed by atoms with Crippen molar-refractivity contribution in [2.24, 2.45) is 0 Å². The zero-order valence-corrected chi connectivity index (χ0v) is 20.9. The van der Waals surface area contributed by atoms with Crippen LogP contribution in [0.4, 0.5) is 10.1 Å². The summed E-state index contributed by atoms with van der Waals surface area (Å²) in [7, 11) is 0. The van der Waals surface area contributed by atoms with E-state index in [1.54, 1.807) is 6.07 Å². The van der Waals surface area contributed by atoms with Gasteiger partial charge in [0.15, 0.2) is 0 Å². The molecule has 1 saturated heterocycles. The second kappa shape index (κ2) is 11.1. The van der Waals surface area contributed by atoms with E-state index in [2.05, 4.69) is 52.6 Å². The summed E-state index contributed by atoms with van der Waals surface area (Å²) in [6.45, 7) is 5.23. The summed E-state index contributed by atoms with van der Waals surface area (Å²) < 4.78 is 13.8. The van der Waals surface area contributed by atoms with Crippen molar-refractivity contribution in [1.29, 1.82) is 0 Å². The van der Waals surface area contributed by atoms with Gasteiger partial charge in [0.2, 0.25) is 5.91 Å². The van der Waals surface area contributed by atoms with Crippen molar-refractivity contribution < 1.29 is 9.18 Å². The third-order valence-electron chi connectivity index (χ3n) is 7.52. The number of benzene rings is 3. The normalized spacial score (nSPS) is 14.8. The predicted molar refractivity (Wildman–Crippen MR) is 145 cm³/mol. The molecule has 0 aliphatic carbocycles. The number of carbonyl (C=O) groups excluding carboxylic acids is 1. The fourth-order valence-corrected chi connectivity index (χ4v) is 5.34. The first-order valence-electron chi connectivity index (χ1n) is 13.0. The highest BCUT2D eigenvalue weighted by atomic mass is 19.1. The van der Waals surface area contributed by atoms with Gasteiger partial charge in [0.1, 0.15) is 5.82 Å². The summed E-state index contributed by atoms with van der Waals surface area (Å²) >= 11 is 0. The number of halogens is 1. The Morgan fingerprint density at radius 2 is 1.83 bits per heavy atom. The first-order valence-corrected chi connectivity index (χ1v) is 13.0. The quantitative estimate of drug-likeness (QED) is 0.296. The van der Waals surface area contributed by atoms with E-state index < -0.39 is 0 Å². The lowest BCUT2D eigenvalue weighted by Gasteiger charge is -2.32. The average Bonchev–Trinajstić information content (AvgIpc) is 3.32. The Bertz CT molecular complexity index is 1320. The maximum atomic E-state index is 13.8. The Morgan fingerprint density at radius 3 is 2.64 bits per heavy atom. The Balaban J connectivity index is 1.12. The van der Waals surface area contributed by atoms with Crippen molar-refractivity contribution in [2.45, 2.75) is 44.9 Å². The lowest BCUT2D eigenvalue weighted by Crippen LogP contribution is -2.34. The maximum absolute atomic E-state index is 13.8. The molecule has 5 heteroatoms. The molecule has 5 rings (SSSR count). The second-order valence-electron chi connectivity index (χ2n) is 9.97. The zero-order valence-electron chi connectivity index (χ0n) is 20.9. The van der Waals surface area contributed by atoms with Gasteiger partial charge >= 0.3 is 0 Å². The average molecular weight is 484 g/mol. The van der Waals surface area contributed by atoms with Crippen LogP contribution in [0.3, 0.4) is 0 Å². The molecule has 0 radical (unpaired) electrons. The topological polar surface area (TPSA) is 48.1 Å². The Labute approximate surface area is 212 Å². The number of nitrogens with one attached hydrogen (secondary N) is 2. The van der Waals surface area contributed by atoms with Crippen LogP contribution in [-0.2, 0) is 17.6 Å². The van der Waals surface area contributed by atoms with Crippen LogP contribution in [0.2, 0.25) is 0 Å². The fraction of sp³-hybridized carbons (Fsp3) is 0.323. The highest BCUT2D eigenvalue weighted by Gasteiger charge is 2.23. The first kappa shape index (κ1) is 24.3. The van der Waals surface area contributed by atoms with E-state index in [4.69, 9.17) is 0 Å². The summed E-state index contributed by atoms with van der Waals surface area (Å²) in [5.41, 5.74) is 6.85. The largest absolute Gasteiger partial charge is 0.361 e. The molecule has 1 aliphatic rings. The SMILES string of the molecule is Cc1ccc(NC(=O)CCc2ccccc2)cc1CCN1CCC(c2c[nH]c3ccc(F)cc23)CC1. The first-order chi connectivity index (χ1) is 17.5. The van der Waals surface area contributed by atoms with Crippen molar-refractivity contribution in [3.8, 4) is 0 Å². The van der Waals surface area contributed by atoms with Crippen molar-refractivity contribution in [3.05, 3.63) is 101 Å². The molecule has 1 fully saturated rings. The molecule has 1 amide bonds. The number of amides is 1. The molecule has 4 aromatic rings. The number of anilines is 1. The number of carbonyl (C=O) groups is 1. The number of H-pyrrole nitrogens is 1. The molecule has 0 saturated carbocycles. The number of aryl methyl sites for hydroxylation is 2. The number of likely N-dealkylation sites (tertiary alicyclic amines) is 1. The molecule has 0 spiro atoms. The molecule has 4 nitrogen and oxygen atoms in total. The van der Waals surface area contributed by atoms with Crippen molar-refractivity contribution in [1.82, 2.24) is 9.88 Å². The van der Waals surface area contributed by atoms with Gasteiger partial charge < -0.3 is 15.2 Å². The third kappa shape index (κ3) is 5.85. The van der Waals surface area contributed by atoms with E-state index in [1.165, 1.54) is 28.3 Å². The standard InChI is InChI=1S/C31H34FN3O/c1-22-7-10-27(34-31(36)12-8-23-5-3-2-4-6-23)19-25(22)15-18-35-16-13-24(14-17-35)29-21-33-30-11-9-26(32)20-28(29)30/h2-7,9-11,19-21,24,33H,8,12-18H2,1H3,(H,34,36). The van der Waals surface area contributed by atoms with Crippen molar-refractivity contribution >= 4 is 22.5 Å². The Kier molecular flexibility index (Phi) is 7.47. The lowest BCUT2D eigenvalue weighted by molar-refractivity contribution is -0.116. The van der Waals surface area contributed by atoms with E-state index in [0.717, 1.165) is 61.9 Å². The number of rotatable bonds is 8. The van der Waals surface area contributed by atoms with Crippen LogP contribution in [0.25, 0.3) is 10.9 Å². The number of aromatic nitrogens is 1. The third-order valence-corrected chi connectivity index (χ3v) is 7.52. The molecule has 0 unspecified atom stereocenters. The van der Waals surface area contributed by atoms with Crippen LogP contribution in [0.15, 0.2) is 72.9 Å². The minimum absolute atomic E-state index is 0.0490. The van der Waals surface area contributed by atoms with Gasteiger partial charge in [-0.2, -0.15) is 0 Å². The highest BCUT2D eigenvalue weighted by Crippen LogP contribution is 2.33. The van der Waals surface area contributed by atoms with Crippen LogP contribution in [0.5, 0.6) is 0 Å². The van der Waals surface area contributed by atoms with Gasteiger partial charge in [-0.25, -0.2) is 4.39 Å². The van der Waals surface area contributed by atoms with E-state index in [-0.39, 0.29) is 11.7 Å². The van der Waals surface area contributed by atoms with Crippen LogP contribution < -0.4 is 5.32 Å². The van der Waals surface area contributed by atoms with Crippen LogP contribution in [0.1, 0.15) is 47.4 Å². The summed E-state index contributed by atoms with van der Waals surface area (Å²) in [4.78, 5) is 18.3. The number of piperidine rings is 1. The molecule has 0 bridgehead atoms. The molecule has 186 valence electrons. The zero-order chi connectivity index (χ0) is 24.9. The molecular weight excluding hydrogens is 449 g/mol. The number of hydrogen-bond acceptors (Lipinski definition) is 2. The summed E-state index contributed by atoms with van der Waals surface area (Å²) in [6, 6.07) is 21.3. The fourth-order valence-electron chi connectivity index (χ4n) is 5.34. The maximum Gasteiger partial charge on any atom is 0.224 e. The van der Waals surface area contributed by atoms with Crippen LogP contribution >= 0.6 is 0 Å². The molecule has 2 N–H and O–H groups in total. The van der Waals surface area contributed by atoms with E-state index in [0.29, 0.717) is 12.3 Å².